The molecule has 2 rings (SSSR count). The maximum absolute atomic E-state index is 11.2. The Hall–Kier alpha value is -1.99. The van der Waals surface area contributed by atoms with E-state index in [9.17, 15) is 4.79 Å². The monoisotopic (exact) mass is 264 g/mol. The number of thioether (sulfide) groups is 1. The van der Waals surface area contributed by atoms with Crippen molar-refractivity contribution in [3.63, 3.8) is 0 Å². The normalized spacial score (nSPS) is 10.3. The average Bonchev–Trinajstić information content (AvgIpc) is 2.86. The van der Waals surface area contributed by atoms with E-state index in [-0.39, 0.29) is 5.69 Å². The molecule has 1 amide bonds. The Morgan fingerprint density at radius 2 is 2.22 bits per heavy atom. The first-order valence-electron chi connectivity index (χ1n) is 5.14. The highest BCUT2D eigenvalue weighted by Crippen LogP contribution is 2.27. The molecule has 1 heterocycles. The summed E-state index contributed by atoms with van der Waals surface area (Å²) in [5.41, 5.74) is 8.67. The van der Waals surface area contributed by atoms with Crippen molar-refractivity contribution in [2.24, 2.45) is 5.84 Å². The lowest BCUT2D eigenvalue weighted by atomic mass is 10.3. The summed E-state index contributed by atoms with van der Waals surface area (Å²) in [6.07, 6.45) is 0. The predicted molar refractivity (Wildman–Crippen MR) is 68.6 cm³/mol. The van der Waals surface area contributed by atoms with Crippen molar-refractivity contribution in [1.29, 1.82) is 0 Å². The summed E-state index contributed by atoms with van der Waals surface area (Å²) in [5, 5.41) is 3.61. The van der Waals surface area contributed by atoms with Crippen LogP contribution in [0.15, 0.2) is 39.8 Å². The molecule has 94 valence electrons. The number of hydrogen-bond acceptors (Lipinski definition) is 6. The van der Waals surface area contributed by atoms with Crippen molar-refractivity contribution in [2.75, 3.05) is 5.73 Å². The Kier molecular flexibility index (Phi) is 3.85. The molecule has 0 aliphatic heterocycles. The van der Waals surface area contributed by atoms with Gasteiger partial charge in [0, 0.05) is 16.6 Å². The summed E-state index contributed by atoms with van der Waals surface area (Å²) in [5.74, 6) is 5.64. The van der Waals surface area contributed by atoms with Crippen LogP contribution in [0.4, 0.5) is 5.69 Å². The van der Waals surface area contributed by atoms with E-state index in [1.54, 1.807) is 6.07 Å². The third kappa shape index (κ3) is 2.82. The predicted octanol–water partition coefficient (Wildman–Crippen LogP) is 1.15. The third-order valence-corrected chi connectivity index (χ3v) is 3.32. The number of amides is 1. The lowest BCUT2D eigenvalue weighted by Gasteiger charge is -2.02. The van der Waals surface area contributed by atoms with E-state index in [2.05, 4.69) is 5.16 Å². The molecule has 1 aromatic carbocycles. The van der Waals surface area contributed by atoms with E-state index in [0.717, 1.165) is 4.90 Å². The van der Waals surface area contributed by atoms with Gasteiger partial charge in [0.15, 0.2) is 5.69 Å². The van der Waals surface area contributed by atoms with Gasteiger partial charge in [0.2, 0.25) is 0 Å². The highest BCUT2D eigenvalue weighted by atomic mass is 32.2. The topological polar surface area (TPSA) is 107 Å². The fourth-order valence-corrected chi connectivity index (χ4v) is 2.17. The van der Waals surface area contributed by atoms with Crippen molar-refractivity contribution in [1.82, 2.24) is 10.6 Å². The number of hydrogen-bond donors (Lipinski definition) is 3. The maximum atomic E-state index is 11.2. The Bertz CT molecular complexity index is 555. The molecular weight excluding hydrogens is 252 g/mol. The van der Waals surface area contributed by atoms with Gasteiger partial charge in [0.1, 0.15) is 5.76 Å². The van der Waals surface area contributed by atoms with Gasteiger partial charge in [-0.25, -0.2) is 5.84 Å². The van der Waals surface area contributed by atoms with E-state index in [1.165, 1.54) is 11.8 Å². The molecule has 0 fully saturated rings. The zero-order chi connectivity index (χ0) is 13.0. The molecule has 2 aromatic rings. The minimum Gasteiger partial charge on any atom is -0.398 e. The van der Waals surface area contributed by atoms with Crippen LogP contribution >= 0.6 is 11.8 Å². The van der Waals surface area contributed by atoms with Crippen LogP contribution in [0.2, 0.25) is 0 Å². The molecule has 6 nitrogen and oxygen atoms in total. The van der Waals surface area contributed by atoms with E-state index in [0.29, 0.717) is 17.2 Å². The Balaban J connectivity index is 2.01. The molecule has 0 radical (unpaired) electrons. The first kappa shape index (κ1) is 12.5. The second kappa shape index (κ2) is 5.56. The minimum atomic E-state index is -0.478. The number of para-hydroxylation sites is 1. The lowest BCUT2D eigenvalue weighted by Crippen LogP contribution is -2.30. The lowest BCUT2D eigenvalue weighted by molar-refractivity contribution is 0.0944. The quantitative estimate of drug-likeness (QED) is 0.251. The number of benzene rings is 1. The van der Waals surface area contributed by atoms with Gasteiger partial charge in [-0.15, -0.1) is 11.8 Å². The van der Waals surface area contributed by atoms with Crippen molar-refractivity contribution in [3.05, 3.63) is 41.8 Å². The molecule has 5 N–H and O–H groups in total. The third-order valence-electron chi connectivity index (χ3n) is 2.21. The Labute approximate surface area is 108 Å². The van der Waals surface area contributed by atoms with Crippen LogP contribution in [0.1, 0.15) is 16.2 Å². The summed E-state index contributed by atoms with van der Waals surface area (Å²) >= 11 is 1.51. The first-order chi connectivity index (χ1) is 8.70. The number of anilines is 1. The Morgan fingerprint density at radius 1 is 1.44 bits per heavy atom. The van der Waals surface area contributed by atoms with Crippen LogP contribution in [0.25, 0.3) is 0 Å². The molecule has 18 heavy (non-hydrogen) atoms. The number of hydrazine groups is 1. The number of nitrogens with one attached hydrogen (secondary N) is 1. The molecule has 0 bridgehead atoms. The number of aromatic nitrogens is 1. The summed E-state index contributed by atoms with van der Waals surface area (Å²) in [7, 11) is 0. The highest BCUT2D eigenvalue weighted by molar-refractivity contribution is 7.98. The van der Waals surface area contributed by atoms with Crippen molar-refractivity contribution in [2.45, 2.75) is 10.6 Å². The number of nitrogens with two attached hydrogens (primary N) is 2. The van der Waals surface area contributed by atoms with E-state index < -0.39 is 5.91 Å². The fourth-order valence-electron chi connectivity index (χ4n) is 1.32. The van der Waals surface area contributed by atoms with Gasteiger partial charge in [0.25, 0.3) is 5.91 Å². The number of carbonyl (C=O) groups excluding carboxylic acids is 1. The largest absolute Gasteiger partial charge is 0.398 e. The SMILES string of the molecule is NNC(=O)c1cc(CSc2ccccc2N)on1. The van der Waals surface area contributed by atoms with E-state index in [4.69, 9.17) is 16.1 Å². The van der Waals surface area contributed by atoms with Gasteiger partial charge in [-0.2, -0.15) is 0 Å². The fraction of sp³-hybridized carbons (Fsp3) is 0.0909. The number of nitrogens with zero attached hydrogens (tertiary/aromatic N) is 1. The van der Waals surface area contributed by atoms with E-state index in [1.807, 2.05) is 29.7 Å². The summed E-state index contributed by atoms with van der Waals surface area (Å²) in [4.78, 5) is 12.1. The van der Waals surface area contributed by atoms with Gasteiger partial charge in [-0.05, 0) is 12.1 Å². The van der Waals surface area contributed by atoms with Crippen molar-refractivity contribution < 1.29 is 9.32 Å². The van der Waals surface area contributed by atoms with Crippen LogP contribution in [-0.4, -0.2) is 11.1 Å². The number of nitrogen functional groups attached to an aromatic ring is 2. The highest BCUT2D eigenvalue weighted by Gasteiger charge is 2.11. The molecule has 7 heteroatoms. The van der Waals surface area contributed by atoms with Crippen LogP contribution in [0.3, 0.4) is 0 Å². The second-order valence-corrected chi connectivity index (χ2v) is 4.50. The molecule has 0 atom stereocenters. The molecule has 0 aliphatic rings. The molecule has 0 spiro atoms. The zero-order valence-electron chi connectivity index (χ0n) is 9.42. The maximum Gasteiger partial charge on any atom is 0.287 e. The summed E-state index contributed by atoms with van der Waals surface area (Å²) in [6.45, 7) is 0. The van der Waals surface area contributed by atoms with Crippen LogP contribution in [0, 0.1) is 0 Å². The van der Waals surface area contributed by atoms with Gasteiger partial charge >= 0.3 is 0 Å². The molecule has 0 saturated heterocycles. The smallest absolute Gasteiger partial charge is 0.287 e. The molecule has 1 aromatic heterocycles. The van der Waals surface area contributed by atoms with Crippen molar-refractivity contribution >= 4 is 23.4 Å². The molecular formula is C11H12N4O2S. The Morgan fingerprint density at radius 3 is 2.94 bits per heavy atom. The standard InChI is InChI=1S/C11H12N4O2S/c12-8-3-1-2-4-10(8)18-6-7-5-9(15-17-7)11(16)14-13/h1-5H,6,12-13H2,(H,14,16). The minimum absolute atomic E-state index is 0.161. The van der Waals surface area contributed by atoms with E-state index >= 15 is 0 Å². The van der Waals surface area contributed by atoms with Crippen LogP contribution < -0.4 is 17.0 Å². The second-order valence-electron chi connectivity index (χ2n) is 3.48. The number of rotatable bonds is 4. The summed E-state index contributed by atoms with van der Waals surface area (Å²) < 4.78 is 5.02. The molecule has 0 aliphatic carbocycles. The molecule has 0 unspecified atom stereocenters. The van der Waals surface area contributed by atoms with Crippen LogP contribution in [-0.2, 0) is 5.75 Å². The first-order valence-corrected chi connectivity index (χ1v) is 6.13. The zero-order valence-corrected chi connectivity index (χ0v) is 10.2. The van der Waals surface area contributed by atoms with Gasteiger partial charge in [0.05, 0.1) is 5.75 Å². The van der Waals surface area contributed by atoms with Crippen LogP contribution in [0.5, 0.6) is 0 Å². The summed E-state index contributed by atoms with van der Waals surface area (Å²) in [6, 6.07) is 9.08. The van der Waals surface area contributed by atoms with Gasteiger partial charge < -0.3 is 10.3 Å². The molecule has 0 saturated carbocycles. The number of carbonyl (C=O) groups is 1. The van der Waals surface area contributed by atoms with Gasteiger partial charge in [-0.1, -0.05) is 17.3 Å². The van der Waals surface area contributed by atoms with Crippen molar-refractivity contribution in [3.8, 4) is 0 Å². The average molecular weight is 264 g/mol. The van der Waals surface area contributed by atoms with Gasteiger partial charge in [-0.3, -0.25) is 10.2 Å².